The molecule has 1 nitrogen and oxygen atoms in total. The number of rotatable bonds is 7. The Balaban J connectivity index is 1.48. The van der Waals surface area contributed by atoms with Gasteiger partial charge in [0, 0.05) is 10.9 Å². The smallest absolute Gasteiger partial charge is 0.141 e. The van der Waals surface area contributed by atoms with E-state index in [9.17, 15) is 4.39 Å². The molecule has 32 heavy (non-hydrogen) atoms. The minimum atomic E-state index is -0.624. The highest BCUT2D eigenvalue weighted by atomic mass is 19.1. The van der Waals surface area contributed by atoms with Crippen molar-refractivity contribution in [2.24, 2.45) is 5.92 Å². The summed E-state index contributed by atoms with van der Waals surface area (Å²) in [6, 6.07) is 15.8. The van der Waals surface area contributed by atoms with E-state index in [1.54, 1.807) is 18.2 Å². The predicted octanol–water partition coefficient (Wildman–Crippen LogP) is 8.90. The van der Waals surface area contributed by atoms with Crippen molar-refractivity contribution in [3.05, 3.63) is 71.3 Å². The summed E-state index contributed by atoms with van der Waals surface area (Å²) < 4.78 is 29.3. The number of hydrogen-bond donors (Lipinski definition) is 0. The zero-order chi connectivity index (χ0) is 22.5. The molecule has 1 saturated carbocycles. The molecule has 0 aromatic heterocycles. The van der Waals surface area contributed by atoms with E-state index in [0.29, 0.717) is 22.4 Å². The number of halogens is 2. The van der Waals surface area contributed by atoms with Gasteiger partial charge in [0.05, 0.1) is 5.56 Å². The van der Waals surface area contributed by atoms with Crippen molar-refractivity contribution in [1.82, 2.24) is 0 Å². The summed E-state index contributed by atoms with van der Waals surface area (Å²) in [7, 11) is 0. The van der Waals surface area contributed by atoms with Crippen LogP contribution in [-0.2, 0) is 0 Å². The maximum Gasteiger partial charge on any atom is 0.141 e. The van der Waals surface area contributed by atoms with Gasteiger partial charge in [-0.05, 0) is 66.2 Å². The lowest BCUT2D eigenvalue weighted by Crippen LogP contribution is -2.13. The van der Waals surface area contributed by atoms with Gasteiger partial charge < -0.3 is 0 Å². The molecule has 3 aromatic rings. The summed E-state index contributed by atoms with van der Waals surface area (Å²) >= 11 is 0. The first-order chi connectivity index (χ1) is 15.6. The Morgan fingerprint density at radius 1 is 0.906 bits per heavy atom. The molecule has 0 radical (unpaired) electrons. The maximum absolute atomic E-state index is 15.3. The number of benzene rings is 3. The van der Waals surface area contributed by atoms with E-state index in [4.69, 9.17) is 5.26 Å². The summed E-state index contributed by atoms with van der Waals surface area (Å²) in [5.41, 5.74) is 2.08. The standard InChI is InChI=1S/C29H31F2N/c1-2-3-4-5-6-20-7-9-21(10-8-20)22-13-15-26-23(17-22)14-16-27(29(26)31)24-11-12-25(19-32)28(30)18-24/h11-18,20-21H,2-10H2,1H3. The molecule has 1 aliphatic carbocycles. The third-order valence-electron chi connectivity index (χ3n) is 7.16. The van der Waals surface area contributed by atoms with Gasteiger partial charge in [-0.1, -0.05) is 75.4 Å². The minimum Gasteiger partial charge on any atom is -0.206 e. The number of unbranched alkanes of at least 4 members (excludes halogenated alkanes) is 3. The van der Waals surface area contributed by atoms with Gasteiger partial charge in [0.15, 0.2) is 0 Å². The zero-order valence-corrected chi connectivity index (χ0v) is 18.8. The van der Waals surface area contributed by atoms with Crippen LogP contribution in [0.5, 0.6) is 0 Å². The predicted molar refractivity (Wildman–Crippen MR) is 127 cm³/mol. The molecular formula is C29H31F2N. The largest absolute Gasteiger partial charge is 0.206 e. The third kappa shape index (κ3) is 4.85. The monoisotopic (exact) mass is 431 g/mol. The van der Waals surface area contributed by atoms with Crippen molar-refractivity contribution < 1.29 is 8.78 Å². The molecule has 0 spiro atoms. The van der Waals surface area contributed by atoms with Crippen molar-refractivity contribution in [3.63, 3.8) is 0 Å². The summed E-state index contributed by atoms with van der Waals surface area (Å²) in [4.78, 5) is 0. The Labute approximate surface area is 190 Å². The maximum atomic E-state index is 15.3. The van der Waals surface area contributed by atoms with Gasteiger partial charge in [0.25, 0.3) is 0 Å². The van der Waals surface area contributed by atoms with Crippen LogP contribution in [0.1, 0.15) is 81.8 Å². The van der Waals surface area contributed by atoms with Crippen molar-refractivity contribution in [1.29, 1.82) is 5.26 Å². The molecule has 166 valence electrons. The fraction of sp³-hybridized carbons (Fsp3) is 0.414. The lowest BCUT2D eigenvalue weighted by Gasteiger charge is -2.29. The normalized spacial score (nSPS) is 18.6. The van der Waals surface area contributed by atoms with Crippen LogP contribution >= 0.6 is 0 Å². The van der Waals surface area contributed by atoms with E-state index in [1.165, 1.54) is 75.5 Å². The second-order valence-corrected chi connectivity index (χ2v) is 9.28. The molecule has 1 aliphatic rings. The van der Waals surface area contributed by atoms with Gasteiger partial charge in [-0.15, -0.1) is 0 Å². The summed E-state index contributed by atoms with van der Waals surface area (Å²) in [6.45, 7) is 2.26. The van der Waals surface area contributed by atoms with Crippen LogP contribution in [0, 0.1) is 28.9 Å². The fourth-order valence-corrected chi connectivity index (χ4v) is 5.20. The molecule has 0 bridgehead atoms. The van der Waals surface area contributed by atoms with E-state index in [2.05, 4.69) is 19.1 Å². The Bertz CT molecular complexity index is 1120. The van der Waals surface area contributed by atoms with E-state index in [0.717, 1.165) is 11.3 Å². The first-order valence-corrected chi connectivity index (χ1v) is 12.0. The highest BCUT2D eigenvalue weighted by Crippen LogP contribution is 2.39. The second-order valence-electron chi connectivity index (χ2n) is 9.28. The minimum absolute atomic E-state index is 0.0322. The lowest BCUT2D eigenvalue weighted by molar-refractivity contribution is 0.302. The van der Waals surface area contributed by atoms with Crippen LogP contribution in [0.3, 0.4) is 0 Å². The molecule has 0 N–H and O–H groups in total. The summed E-state index contributed by atoms with van der Waals surface area (Å²) in [5.74, 6) is 0.466. The number of nitrogens with zero attached hydrogens (tertiary/aromatic N) is 1. The van der Waals surface area contributed by atoms with E-state index >= 15 is 4.39 Å². The summed E-state index contributed by atoms with van der Waals surface area (Å²) in [5, 5.41) is 10.4. The van der Waals surface area contributed by atoms with Crippen molar-refractivity contribution in [2.45, 2.75) is 70.6 Å². The lowest BCUT2D eigenvalue weighted by atomic mass is 9.76. The number of fused-ring (bicyclic) bond motifs is 1. The molecule has 0 saturated heterocycles. The third-order valence-corrected chi connectivity index (χ3v) is 7.16. The molecule has 0 heterocycles. The average molecular weight is 432 g/mol. The molecule has 0 amide bonds. The molecule has 3 heteroatoms. The highest BCUT2D eigenvalue weighted by Gasteiger charge is 2.22. The summed E-state index contributed by atoms with van der Waals surface area (Å²) in [6.07, 6.45) is 11.8. The van der Waals surface area contributed by atoms with Crippen molar-refractivity contribution in [3.8, 4) is 17.2 Å². The van der Waals surface area contributed by atoms with E-state index in [1.807, 2.05) is 12.1 Å². The van der Waals surface area contributed by atoms with Gasteiger partial charge in [-0.2, -0.15) is 5.26 Å². The van der Waals surface area contributed by atoms with Gasteiger partial charge in [-0.3, -0.25) is 0 Å². The first kappa shape index (κ1) is 22.5. The van der Waals surface area contributed by atoms with Crippen LogP contribution in [0.2, 0.25) is 0 Å². The molecular weight excluding hydrogens is 400 g/mol. The molecule has 4 rings (SSSR count). The molecule has 3 aromatic carbocycles. The molecule has 0 atom stereocenters. The first-order valence-electron chi connectivity index (χ1n) is 12.0. The molecule has 0 aliphatic heterocycles. The van der Waals surface area contributed by atoms with E-state index < -0.39 is 5.82 Å². The average Bonchev–Trinajstić information content (AvgIpc) is 2.82. The van der Waals surface area contributed by atoms with Gasteiger partial charge >= 0.3 is 0 Å². The van der Waals surface area contributed by atoms with Crippen molar-refractivity contribution in [2.75, 3.05) is 0 Å². The van der Waals surface area contributed by atoms with Crippen LogP contribution in [0.15, 0.2) is 48.5 Å². The van der Waals surface area contributed by atoms with E-state index in [-0.39, 0.29) is 11.4 Å². The van der Waals surface area contributed by atoms with Gasteiger partial charge in [0.1, 0.15) is 17.7 Å². The SMILES string of the molecule is CCCCCCC1CCC(c2ccc3c(F)c(-c4ccc(C#N)c(F)c4)ccc3c2)CC1. The van der Waals surface area contributed by atoms with Crippen molar-refractivity contribution >= 4 is 10.8 Å². The Morgan fingerprint density at radius 3 is 2.44 bits per heavy atom. The number of hydrogen-bond acceptors (Lipinski definition) is 1. The second kappa shape index (κ2) is 10.3. The van der Waals surface area contributed by atoms with Crippen LogP contribution in [0.25, 0.3) is 21.9 Å². The van der Waals surface area contributed by atoms with Crippen LogP contribution < -0.4 is 0 Å². The Kier molecular flexibility index (Phi) is 7.20. The zero-order valence-electron chi connectivity index (χ0n) is 18.8. The fourth-order valence-electron chi connectivity index (χ4n) is 5.20. The quantitative estimate of drug-likeness (QED) is 0.343. The Morgan fingerprint density at radius 2 is 1.72 bits per heavy atom. The Hall–Kier alpha value is -2.73. The van der Waals surface area contributed by atoms with Crippen LogP contribution in [0.4, 0.5) is 8.78 Å². The van der Waals surface area contributed by atoms with Gasteiger partial charge in [0.2, 0.25) is 0 Å². The molecule has 0 unspecified atom stereocenters. The van der Waals surface area contributed by atoms with Gasteiger partial charge in [-0.25, -0.2) is 8.78 Å². The number of nitriles is 1. The molecule has 1 fully saturated rings. The van der Waals surface area contributed by atoms with Crippen LogP contribution in [-0.4, -0.2) is 0 Å². The topological polar surface area (TPSA) is 23.8 Å². The highest BCUT2D eigenvalue weighted by molar-refractivity contribution is 5.89.